The summed E-state index contributed by atoms with van der Waals surface area (Å²) in [4.78, 5) is 59.4. The maximum atomic E-state index is 14.5. The first kappa shape index (κ1) is 41.9. The van der Waals surface area contributed by atoms with Crippen LogP contribution in [-0.4, -0.2) is 64.1 Å². The molecule has 0 fully saturated rings. The second-order valence-electron chi connectivity index (χ2n) is 15.0. The summed E-state index contributed by atoms with van der Waals surface area (Å²) in [5.41, 5.74) is -0.506. The smallest absolute Gasteiger partial charge is 0.312 e. The Balaban J connectivity index is 1.58. The van der Waals surface area contributed by atoms with Crippen molar-refractivity contribution < 1.29 is 48.0 Å². The van der Waals surface area contributed by atoms with E-state index in [1.165, 1.54) is 40.2 Å². The largest absolute Gasteiger partial charge is 0.505 e. The Morgan fingerprint density at radius 1 is 1.09 bits per heavy atom. The van der Waals surface area contributed by atoms with E-state index in [0.29, 0.717) is 15.9 Å². The number of fused-ring (bicyclic) bond motifs is 2. The van der Waals surface area contributed by atoms with Crippen LogP contribution < -0.4 is 15.5 Å². The zero-order valence-corrected chi connectivity index (χ0v) is 35.0. The molecular weight excluding hydrogens is 824 g/mol. The third-order valence-electron chi connectivity index (χ3n) is 10.7. The molecule has 3 N–H and O–H groups in total. The number of allylic oxidation sites excluding steroid dienone is 2. The Labute approximate surface area is 341 Å². The van der Waals surface area contributed by atoms with Crippen LogP contribution in [0.2, 0.25) is 5.02 Å². The minimum absolute atomic E-state index is 0.00374. The molecule has 1 amide bonds. The van der Waals surface area contributed by atoms with Gasteiger partial charge in [0.15, 0.2) is 22.3 Å². The number of halogens is 2. The van der Waals surface area contributed by atoms with Crippen LogP contribution in [0.1, 0.15) is 70.3 Å². The van der Waals surface area contributed by atoms with Gasteiger partial charge in [0.25, 0.3) is 11.7 Å². The number of hydrogen-bond donors (Lipinski definition) is 3. The molecule has 57 heavy (non-hydrogen) atoms. The summed E-state index contributed by atoms with van der Waals surface area (Å²) in [7, 11) is 1.48. The molecule has 0 unspecified atom stereocenters. The lowest BCUT2D eigenvalue weighted by Crippen LogP contribution is -2.38. The number of rotatable bonds is 2. The number of carbonyl (C=O) groups excluding carboxylic acids is 3. The number of methoxy groups -OCH3 is 1. The predicted octanol–water partition coefficient (Wildman–Crippen LogP) is 8.20. The van der Waals surface area contributed by atoms with Crippen LogP contribution in [0.15, 0.2) is 62.0 Å². The molecule has 15 heteroatoms. The number of nitrogens with zero attached hydrogens (tertiary/aromatic N) is 1. The van der Waals surface area contributed by atoms with E-state index in [0.717, 1.165) is 0 Å². The van der Waals surface area contributed by atoms with Crippen LogP contribution in [0, 0.1) is 24.7 Å². The van der Waals surface area contributed by atoms with E-state index in [9.17, 15) is 29.4 Å². The number of aromatic nitrogens is 1. The SMILES string of the molecule is CO[C@H]1/C=C/O[C@@]2(C)Oc3c(C)c(=O)c4c(O)c(c5oc6cc(Br)c(Cl)cc6nc5c4c3C2=O)NC(=O)/C(C)=C\C=C\[C@H](C)[C@H](O)[C@@H](C)C[C@@H](C)[C@H](OC(C)=O)C1. The maximum absolute atomic E-state index is 14.5. The summed E-state index contributed by atoms with van der Waals surface area (Å²) in [6, 6.07) is 3.09. The number of ketones is 1. The van der Waals surface area contributed by atoms with Gasteiger partial charge in [-0.1, -0.05) is 50.6 Å². The van der Waals surface area contributed by atoms with Crippen molar-refractivity contribution in [2.75, 3.05) is 12.4 Å². The first-order chi connectivity index (χ1) is 26.9. The van der Waals surface area contributed by atoms with E-state index in [4.69, 9.17) is 39.9 Å². The Kier molecular flexibility index (Phi) is 11.9. The van der Waals surface area contributed by atoms with E-state index >= 15 is 0 Å². The van der Waals surface area contributed by atoms with Gasteiger partial charge in [-0.2, -0.15) is 0 Å². The number of phenolic OH excluding ortho intramolecular Hbond substituents is 1. The van der Waals surface area contributed by atoms with Gasteiger partial charge in [0, 0.05) is 54.3 Å². The number of aliphatic hydroxyl groups excluding tert-OH is 1. The first-order valence-corrected chi connectivity index (χ1v) is 19.6. The molecule has 3 aromatic carbocycles. The van der Waals surface area contributed by atoms with E-state index in [-0.39, 0.29) is 85.3 Å². The predicted molar refractivity (Wildman–Crippen MR) is 219 cm³/mol. The molecule has 13 nitrogen and oxygen atoms in total. The summed E-state index contributed by atoms with van der Waals surface area (Å²) in [5.74, 6) is -5.25. The second kappa shape index (κ2) is 16.2. The molecule has 0 saturated heterocycles. The van der Waals surface area contributed by atoms with Gasteiger partial charge in [-0.05, 0) is 66.2 Å². The number of esters is 1. The van der Waals surface area contributed by atoms with Crippen LogP contribution >= 0.6 is 27.5 Å². The zero-order valence-electron chi connectivity index (χ0n) is 32.7. The fourth-order valence-electron chi connectivity index (χ4n) is 7.41. The van der Waals surface area contributed by atoms with Gasteiger partial charge in [-0.15, -0.1) is 0 Å². The number of aromatic hydroxyl groups is 1. The number of aliphatic hydroxyl groups is 1. The Bertz CT molecular complexity index is 2480. The lowest BCUT2D eigenvalue weighted by atomic mass is 9.83. The number of amides is 1. The van der Waals surface area contributed by atoms with Crippen molar-refractivity contribution in [3.05, 3.63) is 79.1 Å². The monoisotopic (exact) mass is 866 g/mol. The van der Waals surface area contributed by atoms with Crippen LogP contribution in [0.3, 0.4) is 0 Å². The number of hydrogen-bond acceptors (Lipinski definition) is 12. The molecule has 302 valence electrons. The molecule has 2 aliphatic rings. The van der Waals surface area contributed by atoms with E-state index in [1.807, 2.05) is 20.8 Å². The minimum atomic E-state index is -1.99. The van der Waals surface area contributed by atoms with Crippen LogP contribution in [0.25, 0.3) is 33.0 Å². The van der Waals surface area contributed by atoms with Gasteiger partial charge in [0.1, 0.15) is 28.6 Å². The van der Waals surface area contributed by atoms with Gasteiger partial charge >= 0.3 is 11.8 Å². The summed E-state index contributed by atoms with van der Waals surface area (Å²) in [6.07, 6.45) is 6.51. The standard InChI is InChI=1S/C42H44BrClN2O11/c1-18-10-9-11-19(2)41(52)46-34-37(50)31-30(33-39(34)56-29-16-25(43)26(44)17-27(29)45-33)32-38(22(5)36(31)49)57-42(7,40(32)51)54-13-12-24(53-8)15-28(55-23(6)47)20(3)14-21(4)35(18)48/h9-13,16-18,20-21,24,28,35,48,50H,14-15H2,1-8H3,(H,46,52)/b10-9+,13-12+,19-11-/t18-,20+,21-,24-,28+,35-,42-/m0/s1. The fourth-order valence-corrected chi connectivity index (χ4v) is 7.89. The van der Waals surface area contributed by atoms with Crippen molar-refractivity contribution in [2.24, 2.45) is 17.8 Å². The summed E-state index contributed by atoms with van der Waals surface area (Å²) in [5, 5.41) is 25.8. The number of Topliss-reactive ketones (excluding diaryl/α,β-unsaturated/α-hetero) is 1. The lowest BCUT2D eigenvalue weighted by Gasteiger charge is -2.30. The second-order valence-corrected chi connectivity index (χ2v) is 16.2. The van der Waals surface area contributed by atoms with Crippen LogP contribution in [-0.2, 0) is 23.8 Å². The van der Waals surface area contributed by atoms with Gasteiger partial charge < -0.3 is 38.9 Å². The average Bonchev–Trinajstić information content (AvgIpc) is 3.42. The van der Waals surface area contributed by atoms with E-state index in [1.54, 1.807) is 37.3 Å². The number of nitrogens with one attached hydrogen (secondary N) is 1. The zero-order chi connectivity index (χ0) is 41.7. The maximum Gasteiger partial charge on any atom is 0.312 e. The van der Waals surface area contributed by atoms with Crippen LogP contribution in [0.5, 0.6) is 11.5 Å². The number of benzene rings is 3. The number of ether oxygens (including phenoxy) is 4. The molecule has 0 radical (unpaired) electrons. The number of carbonyl (C=O) groups is 3. The van der Waals surface area contributed by atoms with Gasteiger partial charge in [-0.25, -0.2) is 4.98 Å². The van der Waals surface area contributed by atoms with Crippen LogP contribution in [0.4, 0.5) is 5.69 Å². The molecule has 4 aromatic rings. The molecule has 3 heterocycles. The molecule has 0 aliphatic carbocycles. The van der Waals surface area contributed by atoms with Crippen molar-refractivity contribution in [2.45, 2.75) is 85.4 Å². The highest BCUT2D eigenvalue weighted by molar-refractivity contribution is 9.10. The summed E-state index contributed by atoms with van der Waals surface area (Å²) >= 11 is 9.81. The molecule has 7 atom stereocenters. The molecular formula is C42H44BrClN2O11. The quantitative estimate of drug-likeness (QED) is 0.0761. The van der Waals surface area contributed by atoms with Crippen molar-refractivity contribution in [1.29, 1.82) is 0 Å². The molecule has 2 aliphatic heterocycles. The normalized spacial score (nSPS) is 28.2. The van der Waals surface area contributed by atoms with E-state index in [2.05, 4.69) is 21.2 Å². The summed E-state index contributed by atoms with van der Waals surface area (Å²) < 4.78 is 30.4. The highest BCUT2D eigenvalue weighted by Gasteiger charge is 2.49. The van der Waals surface area contributed by atoms with Gasteiger partial charge in [0.05, 0.1) is 34.4 Å². The van der Waals surface area contributed by atoms with Gasteiger partial charge in [0.2, 0.25) is 0 Å². The topological polar surface area (TPSA) is 184 Å². The average molecular weight is 868 g/mol. The first-order valence-electron chi connectivity index (χ1n) is 18.4. The third kappa shape index (κ3) is 7.92. The van der Waals surface area contributed by atoms with Crippen molar-refractivity contribution in [3.8, 4) is 11.5 Å². The number of anilines is 1. The Morgan fingerprint density at radius 2 is 1.81 bits per heavy atom. The molecule has 0 saturated carbocycles. The molecule has 6 rings (SSSR count). The molecule has 4 bridgehead atoms. The highest BCUT2D eigenvalue weighted by atomic mass is 79.9. The lowest BCUT2D eigenvalue weighted by molar-refractivity contribution is -0.151. The van der Waals surface area contributed by atoms with Crippen molar-refractivity contribution in [1.82, 2.24) is 4.98 Å². The molecule has 0 spiro atoms. The van der Waals surface area contributed by atoms with E-state index < -0.39 is 52.9 Å². The Hall–Kier alpha value is -4.76. The van der Waals surface area contributed by atoms with Crippen molar-refractivity contribution in [3.63, 3.8) is 0 Å². The van der Waals surface area contributed by atoms with Crippen molar-refractivity contribution >= 4 is 83.8 Å². The molecule has 1 aromatic heterocycles. The Morgan fingerprint density at radius 3 is 2.49 bits per heavy atom. The number of phenols is 1. The van der Waals surface area contributed by atoms with Gasteiger partial charge in [-0.3, -0.25) is 19.2 Å². The highest BCUT2D eigenvalue weighted by Crippen LogP contribution is 2.48. The fraction of sp³-hybridized carbons (Fsp3) is 0.405. The minimum Gasteiger partial charge on any atom is -0.505 e. The third-order valence-corrected chi connectivity index (χ3v) is 11.9. The summed E-state index contributed by atoms with van der Waals surface area (Å²) in [6.45, 7) is 11.4.